The van der Waals surface area contributed by atoms with E-state index < -0.39 is 10.4 Å². The minimum absolute atomic E-state index is 0.525. The SMILES string of the molecule is Nc1ccc(Cl)c(N)c1.O=S(=O)([O-])[O-]. The third kappa shape index (κ3) is 7.62. The van der Waals surface area contributed by atoms with E-state index in [1.54, 1.807) is 18.2 Å². The van der Waals surface area contributed by atoms with E-state index in [4.69, 9.17) is 40.6 Å². The topological polar surface area (TPSA) is 132 Å². The van der Waals surface area contributed by atoms with Crippen LogP contribution in [0.3, 0.4) is 0 Å². The van der Waals surface area contributed by atoms with E-state index in [2.05, 4.69) is 0 Å². The molecule has 1 aromatic carbocycles. The van der Waals surface area contributed by atoms with Crippen LogP contribution in [0.15, 0.2) is 18.2 Å². The maximum Gasteiger partial charge on any atom is 0.0636 e. The van der Waals surface area contributed by atoms with Gasteiger partial charge in [-0.1, -0.05) is 11.6 Å². The van der Waals surface area contributed by atoms with Crippen molar-refractivity contribution < 1.29 is 17.5 Å². The van der Waals surface area contributed by atoms with Crippen molar-refractivity contribution >= 4 is 33.4 Å². The van der Waals surface area contributed by atoms with Crippen molar-refractivity contribution in [2.45, 2.75) is 0 Å². The Labute approximate surface area is 86.1 Å². The Balaban J connectivity index is 0.000000292. The summed E-state index contributed by atoms with van der Waals surface area (Å²) in [7, 11) is -5.17. The molecule has 0 aliphatic heterocycles. The van der Waals surface area contributed by atoms with Gasteiger partial charge in [-0.2, -0.15) is 0 Å². The van der Waals surface area contributed by atoms with Gasteiger partial charge in [0.05, 0.1) is 10.7 Å². The molecule has 0 radical (unpaired) electrons. The predicted molar refractivity (Wildman–Crippen MR) is 50.8 cm³/mol. The van der Waals surface area contributed by atoms with Crippen molar-refractivity contribution in [3.8, 4) is 0 Å². The molecule has 0 fully saturated rings. The van der Waals surface area contributed by atoms with Gasteiger partial charge < -0.3 is 20.6 Å². The van der Waals surface area contributed by atoms with Crippen LogP contribution in [-0.4, -0.2) is 17.5 Å². The average Bonchev–Trinajstić information content (AvgIpc) is 1.94. The Kier molecular flexibility index (Phi) is 4.64. The zero-order valence-corrected chi connectivity index (χ0v) is 8.38. The maximum atomic E-state index is 8.52. The highest BCUT2D eigenvalue weighted by molar-refractivity contribution is 7.79. The van der Waals surface area contributed by atoms with Crippen LogP contribution in [0.2, 0.25) is 5.02 Å². The summed E-state index contributed by atoms with van der Waals surface area (Å²) in [5, 5.41) is 0.546. The molecular formula is C6H7ClN2O4S-2. The first kappa shape index (κ1) is 13.0. The van der Waals surface area contributed by atoms with Gasteiger partial charge in [-0.3, -0.25) is 8.42 Å². The number of nitrogen functional groups attached to an aromatic ring is 2. The van der Waals surface area contributed by atoms with Gasteiger partial charge in [-0.15, -0.1) is 0 Å². The smallest absolute Gasteiger partial charge is 0.0636 e. The highest BCUT2D eigenvalue weighted by Gasteiger charge is 1.92. The highest BCUT2D eigenvalue weighted by Crippen LogP contribution is 2.19. The lowest BCUT2D eigenvalue weighted by Crippen LogP contribution is -1.91. The van der Waals surface area contributed by atoms with Gasteiger partial charge in [0.2, 0.25) is 0 Å². The Hall–Kier alpha value is -1.02. The molecule has 0 spiro atoms. The van der Waals surface area contributed by atoms with Crippen LogP contribution >= 0.6 is 11.6 Å². The maximum absolute atomic E-state index is 8.52. The molecule has 0 saturated carbocycles. The molecule has 6 nitrogen and oxygen atoms in total. The van der Waals surface area contributed by atoms with Gasteiger partial charge in [0.1, 0.15) is 0 Å². The molecule has 0 aliphatic rings. The fourth-order valence-electron chi connectivity index (χ4n) is 0.562. The lowest BCUT2D eigenvalue weighted by Gasteiger charge is -2.06. The molecule has 4 N–H and O–H groups in total. The summed E-state index contributed by atoms with van der Waals surface area (Å²) in [6.07, 6.45) is 0. The second-order valence-electron chi connectivity index (χ2n) is 2.19. The molecule has 14 heavy (non-hydrogen) atoms. The first-order valence-electron chi connectivity index (χ1n) is 3.17. The minimum Gasteiger partial charge on any atom is -0.759 e. The Bertz CT molecular complexity index is 398. The Morgan fingerprint density at radius 3 is 1.93 bits per heavy atom. The van der Waals surface area contributed by atoms with E-state index in [9.17, 15) is 0 Å². The van der Waals surface area contributed by atoms with Crippen LogP contribution in [0.25, 0.3) is 0 Å². The van der Waals surface area contributed by atoms with E-state index in [0.717, 1.165) is 0 Å². The standard InChI is InChI=1S/C6H7ClN2.H2O4S/c7-5-2-1-4(8)3-6(5)9;1-5(2,3)4/h1-3H,8-9H2;(H2,1,2,3,4)/p-2. The number of rotatable bonds is 0. The second-order valence-corrected chi connectivity index (χ2v) is 3.41. The highest BCUT2D eigenvalue weighted by atomic mass is 35.5. The molecule has 0 atom stereocenters. The van der Waals surface area contributed by atoms with Gasteiger partial charge in [0.15, 0.2) is 0 Å². The van der Waals surface area contributed by atoms with E-state index in [1.165, 1.54) is 0 Å². The molecule has 0 heterocycles. The van der Waals surface area contributed by atoms with Crippen LogP contribution in [-0.2, 0) is 10.4 Å². The summed E-state index contributed by atoms with van der Waals surface area (Å²) in [6, 6.07) is 5.01. The van der Waals surface area contributed by atoms with E-state index in [-0.39, 0.29) is 0 Å². The van der Waals surface area contributed by atoms with Crippen molar-refractivity contribution in [2.75, 3.05) is 11.5 Å². The summed E-state index contributed by atoms with van der Waals surface area (Å²) in [5.74, 6) is 0. The van der Waals surface area contributed by atoms with Crippen LogP contribution in [0, 0.1) is 0 Å². The Morgan fingerprint density at radius 2 is 1.64 bits per heavy atom. The lowest BCUT2D eigenvalue weighted by molar-refractivity contribution is 0.352. The van der Waals surface area contributed by atoms with Gasteiger partial charge in [-0.25, -0.2) is 0 Å². The molecule has 0 aromatic heterocycles. The molecule has 0 saturated heterocycles. The zero-order chi connectivity index (χ0) is 11.4. The van der Waals surface area contributed by atoms with Crippen LogP contribution in [0.1, 0.15) is 0 Å². The van der Waals surface area contributed by atoms with Gasteiger partial charge in [0, 0.05) is 16.1 Å². The van der Waals surface area contributed by atoms with Crippen LogP contribution in [0.4, 0.5) is 11.4 Å². The fraction of sp³-hybridized carbons (Fsp3) is 0. The van der Waals surface area contributed by atoms with E-state index in [1.807, 2.05) is 0 Å². The van der Waals surface area contributed by atoms with Crippen LogP contribution < -0.4 is 11.5 Å². The summed E-state index contributed by atoms with van der Waals surface area (Å²) in [5.41, 5.74) is 12.0. The summed E-state index contributed by atoms with van der Waals surface area (Å²) in [4.78, 5) is 0. The van der Waals surface area contributed by atoms with Gasteiger partial charge in [-0.05, 0) is 18.2 Å². The molecule has 80 valence electrons. The molecule has 0 amide bonds. The first-order chi connectivity index (χ1) is 6.20. The van der Waals surface area contributed by atoms with Crippen molar-refractivity contribution in [3.63, 3.8) is 0 Å². The summed E-state index contributed by atoms with van der Waals surface area (Å²) < 4.78 is 34.1. The quantitative estimate of drug-likeness (QED) is 0.376. The third-order valence-electron chi connectivity index (χ3n) is 1.02. The monoisotopic (exact) mass is 238 g/mol. The minimum atomic E-state index is -5.17. The normalized spacial score (nSPS) is 10.2. The average molecular weight is 239 g/mol. The number of hydrogen-bond donors (Lipinski definition) is 2. The largest absolute Gasteiger partial charge is 0.759 e. The molecule has 1 rings (SSSR count). The van der Waals surface area contributed by atoms with Gasteiger partial charge >= 0.3 is 0 Å². The fourth-order valence-corrected chi connectivity index (χ4v) is 0.680. The predicted octanol–water partition coefficient (Wildman–Crippen LogP) is 0.166. The second kappa shape index (κ2) is 5.01. The van der Waals surface area contributed by atoms with Crippen molar-refractivity contribution in [3.05, 3.63) is 23.2 Å². The molecule has 0 aliphatic carbocycles. The number of anilines is 2. The molecule has 1 aromatic rings. The number of halogens is 1. The van der Waals surface area contributed by atoms with E-state index >= 15 is 0 Å². The summed E-state index contributed by atoms with van der Waals surface area (Å²) >= 11 is 5.60. The summed E-state index contributed by atoms with van der Waals surface area (Å²) in [6.45, 7) is 0. The van der Waals surface area contributed by atoms with Crippen LogP contribution in [0.5, 0.6) is 0 Å². The zero-order valence-electron chi connectivity index (χ0n) is 6.81. The third-order valence-corrected chi connectivity index (χ3v) is 1.36. The lowest BCUT2D eigenvalue weighted by atomic mass is 10.3. The van der Waals surface area contributed by atoms with Gasteiger partial charge in [0.25, 0.3) is 0 Å². The van der Waals surface area contributed by atoms with Crippen molar-refractivity contribution in [1.82, 2.24) is 0 Å². The number of benzene rings is 1. The molecule has 8 heteroatoms. The Morgan fingerprint density at radius 1 is 1.21 bits per heavy atom. The number of hydrogen-bond acceptors (Lipinski definition) is 6. The van der Waals surface area contributed by atoms with E-state index in [0.29, 0.717) is 16.4 Å². The first-order valence-corrected chi connectivity index (χ1v) is 4.88. The molecule has 0 bridgehead atoms. The molecule has 0 unspecified atom stereocenters. The van der Waals surface area contributed by atoms with Crippen molar-refractivity contribution in [2.24, 2.45) is 0 Å². The number of nitrogens with two attached hydrogens (primary N) is 2. The van der Waals surface area contributed by atoms with Crippen molar-refractivity contribution in [1.29, 1.82) is 0 Å². The molecular weight excluding hydrogens is 232 g/mol.